The van der Waals surface area contributed by atoms with Gasteiger partial charge in [-0.3, -0.25) is 0 Å². The van der Waals surface area contributed by atoms with Gasteiger partial charge < -0.3 is 9.88 Å². The Bertz CT molecular complexity index is 381. The highest BCUT2D eigenvalue weighted by molar-refractivity contribution is 5.02. The van der Waals surface area contributed by atoms with Gasteiger partial charge in [0.25, 0.3) is 0 Å². The van der Waals surface area contributed by atoms with Crippen LogP contribution in [-0.2, 0) is 13.0 Å². The predicted molar refractivity (Wildman–Crippen MR) is 75.4 cm³/mol. The molecular weight excluding hydrogens is 222 g/mol. The molecule has 1 atom stereocenters. The first-order valence-corrected chi connectivity index (χ1v) is 7.22. The minimum Gasteiger partial charge on any atom is -0.345 e. The first-order chi connectivity index (χ1) is 8.51. The average molecular weight is 249 g/mol. The van der Waals surface area contributed by atoms with E-state index in [1.54, 1.807) is 0 Å². The maximum Gasteiger partial charge on any atom is 0.106 e. The second kappa shape index (κ2) is 5.43. The minimum atomic E-state index is 0.578. The summed E-state index contributed by atoms with van der Waals surface area (Å²) in [6.07, 6.45) is 6.91. The molecule has 2 rings (SSSR count). The van der Waals surface area contributed by atoms with Gasteiger partial charge in [0, 0.05) is 31.4 Å². The molecule has 1 aliphatic rings. The third kappa shape index (κ3) is 3.58. The number of hydrogen-bond donors (Lipinski definition) is 1. The van der Waals surface area contributed by atoms with Crippen LogP contribution in [0.25, 0.3) is 0 Å². The number of imidazole rings is 1. The Morgan fingerprint density at radius 1 is 1.50 bits per heavy atom. The highest BCUT2D eigenvalue weighted by Gasteiger charge is 2.45. The summed E-state index contributed by atoms with van der Waals surface area (Å²) < 4.78 is 0. The Kier molecular flexibility index (Phi) is 4.10. The number of aryl methyl sites for hydroxylation is 1. The molecule has 0 amide bonds. The molecule has 1 aromatic rings. The molecule has 0 aliphatic heterocycles. The summed E-state index contributed by atoms with van der Waals surface area (Å²) in [4.78, 5) is 10.3. The molecule has 1 aliphatic carbocycles. The highest BCUT2D eigenvalue weighted by Crippen LogP contribution is 2.51. The Labute approximate surface area is 111 Å². The van der Waals surface area contributed by atoms with E-state index in [0.717, 1.165) is 24.7 Å². The van der Waals surface area contributed by atoms with Crippen LogP contribution in [0.2, 0.25) is 0 Å². The zero-order valence-electron chi connectivity index (χ0n) is 12.3. The largest absolute Gasteiger partial charge is 0.345 e. The fourth-order valence-electron chi connectivity index (χ4n) is 2.58. The van der Waals surface area contributed by atoms with E-state index in [1.807, 2.05) is 6.20 Å². The lowest BCUT2D eigenvalue weighted by Gasteiger charge is -2.16. The summed E-state index contributed by atoms with van der Waals surface area (Å²) in [6, 6.07) is 0. The molecule has 1 heterocycles. The lowest BCUT2D eigenvalue weighted by Crippen LogP contribution is -2.22. The summed E-state index contributed by atoms with van der Waals surface area (Å²) in [7, 11) is 2.21. The molecule has 0 bridgehead atoms. The highest BCUT2D eigenvalue weighted by atomic mass is 15.1. The van der Waals surface area contributed by atoms with Crippen molar-refractivity contribution in [2.45, 2.75) is 53.0 Å². The molecular formula is C15H27N3. The summed E-state index contributed by atoms with van der Waals surface area (Å²) in [5.74, 6) is 2.02. The van der Waals surface area contributed by atoms with Gasteiger partial charge in [-0.1, -0.05) is 27.2 Å². The van der Waals surface area contributed by atoms with Gasteiger partial charge in [-0.2, -0.15) is 0 Å². The number of hydrogen-bond acceptors (Lipinski definition) is 2. The van der Waals surface area contributed by atoms with Crippen molar-refractivity contribution >= 4 is 0 Å². The van der Waals surface area contributed by atoms with Crippen molar-refractivity contribution in [2.75, 3.05) is 13.6 Å². The molecule has 3 heteroatoms. The van der Waals surface area contributed by atoms with Crippen LogP contribution in [0.3, 0.4) is 0 Å². The molecule has 1 fully saturated rings. The molecule has 1 unspecified atom stereocenters. The van der Waals surface area contributed by atoms with Gasteiger partial charge >= 0.3 is 0 Å². The topological polar surface area (TPSA) is 31.9 Å². The van der Waals surface area contributed by atoms with Crippen LogP contribution in [0.4, 0.5) is 0 Å². The first-order valence-electron chi connectivity index (χ1n) is 7.22. The van der Waals surface area contributed by atoms with E-state index in [1.165, 1.54) is 31.5 Å². The number of rotatable bonds is 7. The first kappa shape index (κ1) is 13.6. The number of aromatic amines is 1. The maximum atomic E-state index is 4.45. The Morgan fingerprint density at radius 2 is 2.22 bits per heavy atom. The SMILES string of the molecule is CCCCc1ncc(CN(C)CC2CC2(C)C)[nH]1. The summed E-state index contributed by atoms with van der Waals surface area (Å²) in [5.41, 5.74) is 1.83. The van der Waals surface area contributed by atoms with Gasteiger partial charge in [0.1, 0.15) is 5.82 Å². The standard InChI is InChI=1S/C15H27N3/c1-5-6-7-14-16-9-13(17-14)11-18(4)10-12-8-15(12,2)3/h9,12H,5-8,10-11H2,1-4H3,(H,16,17). The molecule has 0 aromatic carbocycles. The minimum absolute atomic E-state index is 0.578. The molecule has 1 N–H and O–H groups in total. The van der Waals surface area contributed by atoms with E-state index < -0.39 is 0 Å². The fourth-order valence-corrected chi connectivity index (χ4v) is 2.58. The molecule has 1 saturated carbocycles. The summed E-state index contributed by atoms with van der Waals surface area (Å²) >= 11 is 0. The number of nitrogens with zero attached hydrogens (tertiary/aromatic N) is 2. The number of nitrogens with one attached hydrogen (secondary N) is 1. The van der Waals surface area contributed by atoms with Gasteiger partial charge in [-0.25, -0.2) is 4.98 Å². The second-order valence-corrected chi connectivity index (χ2v) is 6.55. The number of aromatic nitrogens is 2. The second-order valence-electron chi connectivity index (χ2n) is 6.55. The quantitative estimate of drug-likeness (QED) is 0.804. The molecule has 1 aromatic heterocycles. The smallest absolute Gasteiger partial charge is 0.106 e. The van der Waals surface area contributed by atoms with Crippen LogP contribution in [0.5, 0.6) is 0 Å². The Balaban J connectivity index is 1.76. The van der Waals surface area contributed by atoms with Crippen molar-refractivity contribution in [3.8, 4) is 0 Å². The van der Waals surface area contributed by atoms with E-state index in [9.17, 15) is 0 Å². The number of H-pyrrole nitrogens is 1. The number of unbranched alkanes of at least 4 members (excludes halogenated alkanes) is 1. The third-order valence-electron chi connectivity index (χ3n) is 4.14. The predicted octanol–water partition coefficient (Wildman–Crippen LogP) is 3.23. The van der Waals surface area contributed by atoms with E-state index in [-0.39, 0.29) is 0 Å². The van der Waals surface area contributed by atoms with Crippen LogP contribution in [0, 0.1) is 11.3 Å². The van der Waals surface area contributed by atoms with E-state index in [4.69, 9.17) is 0 Å². The fraction of sp³-hybridized carbons (Fsp3) is 0.800. The van der Waals surface area contributed by atoms with E-state index in [2.05, 4.69) is 42.7 Å². The van der Waals surface area contributed by atoms with Crippen LogP contribution in [0.15, 0.2) is 6.20 Å². The van der Waals surface area contributed by atoms with Crippen molar-refractivity contribution in [3.05, 3.63) is 17.7 Å². The molecule has 0 saturated heterocycles. The normalized spacial score (nSPS) is 21.5. The average Bonchev–Trinajstić information content (AvgIpc) is 2.73. The molecule has 18 heavy (non-hydrogen) atoms. The Morgan fingerprint density at radius 3 is 2.83 bits per heavy atom. The molecule has 0 radical (unpaired) electrons. The van der Waals surface area contributed by atoms with Crippen molar-refractivity contribution < 1.29 is 0 Å². The van der Waals surface area contributed by atoms with E-state index in [0.29, 0.717) is 5.41 Å². The van der Waals surface area contributed by atoms with Gasteiger partial charge in [0.05, 0.1) is 0 Å². The lowest BCUT2D eigenvalue weighted by molar-refractivity contribution is 0.292. The van der Waals surface area contributed by atoms with Crippen LogP contribution >= 0.6 is 0 Å². The Hall–Kier alpha value is -0.830. The monoisotopic (exact) mass is 249 g/mol. The van der Waals surface area contributed by atoms with Gasteiger partial charge in [0.15, 0.2) is 0 Å². The van der Waals surface area contributed by atoms with Crippen LogP contribution in [-0.4, -0.2) is 28.5 Å². The van der Waals surface area contributed by atoms with Gasteiger partial charge in [-0.05, 0) is 31.2 Å². The van der Waals surface area contributed by atoms with Crippen molar-refractivity contribution in [1.29, 1.82) is 0 Å². The molecule has 0 spiro atoms. The van der Waals surface area contributed by atoms with Crippen molar-refractivity contribution in [2.24, 2.45) is 11.3 Å². The third-order valence-corrected chi connectivity index (χ3v) is 4.14. The molecule has 102 valence electrons. The van der Waals surface area contributed by atoms with Crippen LogP contribution < -0.4 is 0 Å². The van der Waals surface area contributed by atoms with Crippen molar-refractivity contribution in [3.63, 3.8) is 0 Å². The lowest BCUT2D eigenvalue weighted by atomic mass is 10.1. The molecule has 3 nitrogen and oxygen atoms in total. The zero-order chi connectivity index (χ0) is 13.2. The summed E-state index contributed by atoms with van der Waals surface area (Å²) in [6.45, 7) is 9.14. The zero-order valence-corrected chi connectivity index (χ0v) is 12.3. The van der Waals surface area contributed by atoms with Gasteiger partial charge in [0.2, 0.25) is 0 Å². The maximum absolute atomic E-state index is 4.45. The summed E-state index contributed by atoms with van der Waals surface area (Å²) in [5, 5.41) is 0. The van der Waals surface area contributed by atoms with Gasteiger partial charge in [-0.15, -0.1) is 0 Å². The van der Waals surface area contributed by atoms with E-state index >= 15 is 0 Å². The van der Waals surface area contributed by atoms with Crippen LogP contribution in [0.1, 0.15) is 51.6 Å². The van der Waals surface area contributed by atoms with Crippen molar-refractivity contribution in [1.82, 2.24) is 14.9 Å².